The maximum Gasteiger partial charge on any atom is 0.409 e. The van der Waals surface area contributed by atoms with E-state index < -0.39 is 0 Å². The van der Waals surface area contributed by atoms with Crippen LogP contribution in [-0.4, -0.2) is 40.7 Å². The first kappa shape index (κ1) is 14.2. The van der Waals surface area contributed by atoms with Crippen molar-refractivity contribution in [2.24, 2.45) is 0 Å². The maximum atomic E-state index is 11.8. The van der Waals surface area contributed by atoms with Gasteiger partial charge < -0.3 is 9.64 Å². The SMILES string of the molecule is CCCOC(=O)N1CCC[C@H](c2ncc(Br)cn2)C1. The number of hydrogen-bond acceptors (Lipinski definition) is 4. The molecule has 1 saturated heterocycles. The molecule has 6 heteroatoms. The number of ether oxygens (including phenoxy) is 1. The van der Waals surface area contributed by atoms with Gasteiger partial charge in [0.1, 0.15) is 5.82 Å². The Morgan fingerprint density at radius 3 is 2.95 bits per heavy atom. The fourth-order valence-corrected chi connectivity index (χ4v) is 2.37. The van der Waals surface area contributed by atoms with Gasteiger partial charge in [-0.25, -0.2) is 14.8 Å². The Morgan fingerprint density at radius 1 is 1.53 bits per heavy atom. The summed E-state index contributed by atoms with van der Waals surface area (Å²) in [6.45, 7) is 3.87. The summed E-state index contributed by atoms with van der Waals surface area (Å²) in [5.74, 6) is 1.01. The van der Waals surface area contributed by atoms with Gasteiger partial charge in [0.05, 0.1) is 11.1 Å². The Balaban J connectivity index is 1.96. The number of halogens is 1. The molecule has 0 saturated carbocycles. The van der Waals surface area contributed by atoms with Crippen molar-refractivity contribution in [3.05, 3.63) is 22.7 Å². The molecule has 0 radical (unpaired) electrons. The Hall–Kier alpha value is -1.17. The molecule has 1 aromatic rings. The van der Waals surface area contributed by atoms with Crippen LogP contribution < -0.4 is 0 Å². The van der Waals surface area contributed by atoms with E-state index in [0.717, 1.165) is 36.1 Å². The van der Waals surface area contributed by atoms with E-state index in [4.69, 9.17) is 4.74 Å². The monoisotopic (exact) mass is 327 g/mol. The van der Waals surface area contributed by atoms with Crippen molar-refractivity contribution in [1.29, 1.82) is 0 Å². The lowest BCUT2D eigenvalue weighted by Crippen LogP contribution is -2.39. The second-order valence-electron chi connectivity index (χ2n) is 4.66. The van der Waals surface area contributed by atoms with Crippen LogP contribution in [-0.2, 0) is 4.74 Å². The van der Waals surface area contributed by atoms with E-state index >= 15 is 0 Å². The van der Waals surface area contributed by atoms with Crippen LogP contribution in [0.5, 0.6) is 0 Å². The van der Waals surface area contributed by atoms with Gasteiger partial charge in [-0.05, 0) is 35.2 Å². The molecular formula is C13H18BrN3O2. The largest absolute Gasteiger partial charge is 0.449 e. The third-order valence-electron chi connectivity index (χ3n) is 3.11. The highest BCUT2D eigenvalue weighted by Gasteiger charge is 2.27. The van der Waals surface area contributed by atoms with Crippen molar-refractivity contribution in [2.75, 3.05) is 19.7 Å². The third-order valence-corrected chi connectivity index (χ3v) is 3.52. The Labute approximate surface area is 121 Å². The van der Waals surface area contributed by atoms with Crippen molar-refractivity contribution in [2.45, 2.75) is 32.1 Å². The molecule has 0 unspecified atom stereocenters. The fourth-order valence-electron chi connectivity index (χ4n) is 2.17. The molecule has 104 valence electrons. The Bertz CT molecular complexity index is 424. The first-order valence-electron chi connectivity index (χ1n) is 6.60. The molecule has 0 N–H and O–H groups in total. The van der Waals surface area contributed by atoms with Crippen LogP contribution >= 0.6 is 15.9 Å². The number of rotatable bonds is 3. The van der Waals surface area contributed by atoms with Crippen molar-refractivity contribution >= 4 is 22.0 Å². The number of likely N-dealkylation sites (tertiary alicyclic amines) is 1. The molecular weight excluding hydrogens is 310 g/mol. The zero-order valence-electron chi connectivity index (χ0n) is 11.0. The number of aromatic nitrogens is 2. The number of nitrogens with zero attached hydrogens (tertiary/aromatic N) is 3. The average Bonchev–Trinajstić information content (AvgIpc) is 2.45. The molecule has 1 aliphatic rings. The van der Waals surface area contributed by atoms with Gasteiger partial charge in [0, 0.05) is 31.4 Å². The van der Waals surface area contributed by atoms with Gasteiger partial charge in [-0.2, -0.15) is 0 Å². The normalized spacial score (nSPS) is 19.3. The predicted molar refractivity (Wildman–Crippen MR) is 74.9 cm³/mol. The highest BCUT2D eigenvalue weighted by molar-refractivity contribution is 9.10. The van der Waals surface area contributed by atoms with Gasteiger partial charge in [0.2, 0.25) is 0 Å². The quantitative estimate of drug-likeness (QED) is 0.856. The second kappa shape index (κ2) is 6.84. The number of hydrogen-bond donors (Lipinski definition) is 0. The lowest BCUT2D eigenvalue weighted by Gasteiger charge is -2.31. The van der Waals surface area contributed by atoms with E-state index in [-0.39, 0.29) is 12.0 Å². The molecule has 1 fully saturated rings. The van der Waals surface area contributed by atoms with E-state index in [2.05, 4.69) is 25.9 Å². The molecule has 0 aliphatic carbocycles. The Kier molecular flexibility index (Phi) is 5.13. The van der Waals surface area contributed by atoms with Gasteiger partial charge >= 0.3 is 6.09 Å². The molecule has 0 bridgehead atoms. The number of amides is 1. The first-order chi connectivity index (χ1) is 9.20. The molecule has 2 heterocycles. The van der Waals surface area contributed by atoms with E-state index in [1.807, 2.05) is 6.92 Å². The smallest absolute Gasteiger partial charge is 0.409 e. The minimum absolute atomic E-state index is 0.205. The van der Waals surface area contributed by atoms with E-state index in [1.165, 1.54) is 0 Å². The van der Waals surface area contributed by atoms with E-state index in [0.29, 0.717) is 13.2 Å². The van der Waals surface area contributed by atoms with Crippen molar-refractivity contribution < 1.29 is 9.53 Å². The summed E-state index contributed by atoms with van der Waals surface area (Å²) in [5, 5.41) is 0. The van der Waals surface area contributed by atoms with Crippen molar-refractivity contribution in [3.8, 4) is 0 Å². The lowest BCUT2D eigenvalue weighted by atomic mass is 9.97. The number of carbonyl (C=O) groups excluding carboxylic acids is 1. The summed E-state index contributed by atoms with van der Waals surface area (Å²) in [6.07, 6.45) is 6.10. The van der Waals surface area contributed by atoms with Crippen LogP contribution in [0.15, 0.2) is 16.9 Å². The second-order valence-corrected chi connectivity index (χ2v) is 5.57. The fraction of sp³-hybridized carbons (Fsp3) is 0.615. The zero-order valence-corrected chi connectivity index (χ0v) is 12.6. The molecule has 5 nitrogen and oxygen atoms in total. The van der Waals surface area contributed by atoms with Gasteiger partial charge in [-0.3, -0.25) is 0 Å². The number of carbonyl (C=O) groups is 1. The topological polar surface area (TPSA) is 55.3 Å². The summed E-state index contributed by atoms with van der Waals surface area (Å²) >= 11 is 3.32. The molecule has 1 aromatic heterocycles. The molecule has 0 spiro atoms. The minimum Gasteiger partial charge on any atom is -0.449 e. The van der Waals surface area contributed by atoms with Gasteiger partial charge in [-0.1, -0.05) is 6.92 Å². The molecule has 2 rings (SSSR count). The summed E-state index contributed by atoms with van der Waals surface area (Å²) in [7, 11) is 0. The zero-order chi connectivity index (χ0) is 13.7. The Morgan fingerprint density at radius 2 is 2.26 bits per heavy atom. The summed E-state index contributed by atoms with van der Waals surface area (Å²) < 4.78 is 6.04. The molecule has 19 heavy (non-hydrogen) atoms. The first-order valence-corrected chi connectivity index (χ1v) is 7.39. The van der Waals surface area contributed by atoms with E-state index in [9.17, 15) is 4.79 Å². The van der Waals surface area contributed by atoms with Crippen molar-refractivity contribution in [3.63, 3.8) is 0 Å². The predicted octanol–water partition coefficient (Wildman–Crippen LogP) is 2.97. The third kappa shape index (κ3) is 3.89. The van der Waals surface area contributed by atoms with E-state index in [1.54, 1.807) is 17.3 Å². The summed E-state index contributed by atoms with van der Waals surface area (Å²) in [6, 6.07) is 0. The van der Waals surface area contributed by atoms with Crippen LogP contribution in [0, 0.1) is 0 Å². The highest BCUT2D eigenvalue weighted by Crippen LogP contribution is 2.25. The van der Waals surface area contributed by atoms with Crippen LogP contribution in [0.25, 0.3) is 0 Å². The molecule has 1 amide bonds. The summed E-state index contributed by atoms with van der Waals surface area (Å²) in [4.78, 5) is 22.2. The summed E-state index contributed by atoms with van der Waals surface area (Å²) in [5.41, 5.74) is 0. The highest BCUT2D eigenvalue weighted by atomic mass is 79.9. The van der Waals surface area contributed by atoms with Crippen molar-refractivity contribution in [1.82, 2.24) is 14.9 Å². The van der Waals surface area contributed by atoms with Crippen LogP contribution in [0.2, 0.25) is 0 Å². The van der Waals surface area contributed by atoms with Gasteiger partial charge in [0.15, 0.2) is 0 Å². The average molecular weight is 328 g/mol. The minimum atomic E-state index is -0.219. The lowest BCUT2D eigenvalue weighted by molar-refractivity contribution is 0.0910. The van der Waals surface area contributed by atoms with Gasteiger partial charge in [0.25, 0.3) is 0 Å². The molecule has 1 aliphatic heterocycles. The standard InChI is InChI=1S/C13H18BrN3O2/c1-2-6-19-13(18)17-5-3-4-10(9-17)12-15-7-11(14)8-16-12/h7-8,10H,2-6,9H2,1H3/t10-/m0/s1. The number of piperidine rings is 1. The molecule has 0 aromatic carbocycles. The maximum absolute atomic E-state index is 11.8. The van der Waals surface area contributed by atoms with Crippen LogP contribution in [0.3, 0.4) is 0 Å². The van der Waals surface area contributed by atoms with Crippen LogP contribution in [0.4, 0.5) is 4.79 Å². The van der Waals surface area contributed by atoms with Crippen LogP contribution in [0.1, 0.15) is 37.9 Å². The molecule has 1 atom stereocenters. The van der Waals surface area contributed by atoms with Gasteiger partial charge in [-0.15, -0.1) is 0 Å².